The third kappa shape index (κ3) is 4.01. The maximum absolute atomic E-state index is 9.57. The molecule has 0 aliphatic heterocycles. The maximum Gasteiger partial charge on any atom is 0.508 e. The number of fused-ring (bicyclic) bond motifs is 2. The molecule has 10 heteroatoms. The normalized spacial score (nSPS) is 12.6. The van der Waals surface area contributed by atoms with Crippen molar-refractivity contribution in [2.75, 3.05) is 5.73 Å². The first kappa shape index (κ1) is 21.4. The molecule has 1 aliphatic carbocycles. The largest absolute Gasteiger partial charge is 0.508 e. The summed E-state index contributed by atoms with van der Waals surface area (Å²) in [7, 11) is -1.65. The molecule has 0 radical (unpaired) electrons. The zero-order chi connectivity index (χ0) is 22.7. The highest BCUT2D eigenvalue weighted by atomic mass is 16.4. The number of anilines is 1. The molecule has 162 valence electrons. The number of pyridine rings is 2. The van der Waals surface area contributed by atoms with Crippen LogP contribution in [0.4, 0.5) is 5.82 Å². The first-order chi connectivity index (χ1) is 15.5. The van der Waals surface area contributed by atoms with Crippen molar-refractivity contribution in [3.8, 4) is 17.1 Å². The standard InChI is InChI=1S/C20H18BN5O2.C2H6N2/c22-18-15(5-2-10-23-18)19-24-16-8-9-17(21(27)28)25-20(16)26(19)14-7-6-12-3-1-4-13(12)11-14;3-1-2-4/h2,5-11,27-28H,1,3-4H2,(H2,22,23);1-2H,3-4H2/b;2-1-. The summed E-state index contributed by atoms with van der Waals surface area (Å²) in [4.78, 5) is 13.4. The minimum atomic E-state index is -1.65. The molecule has 9 nitrogen and oxygen atoms in total. The van der Waals surface area contributed by atoms with E-state index in [1.54, 1.807) is 18.3 Å². The van der Waals surface area contributed by atoms with Gasteiger partial charge in [0.2, 0.25) is 0 Å². The van der Waals surface area contributed by atoms with E-state index in [-0.39, 0.29) is 5.59 Å². The number of benzene rings is 1. The van der Waals surface area contributed by atoms with Gasteiger partial charge < -0.3 is 27.2 Å². The molecule has 1 aliphatic rings. The summed E-state index contributed by atoms with van der Waals surface area (Å²) >= 11 is 0. The molecule has 0 fully saturated rings. The minimum absolute atomic E-state index is 0.167. The summed E-state index contributed by atoms with van der Waals surface area (Å²) in [5.41, 5.74) is 21.2. The van der Waals surface area contributed by atoms with Gasteiger partial charge in [0.1, 0.15) is 11.3 Å². The van der Waals surface area contributed by atoms with Crippen LogP contribution in [0.3, 0.4) is 0 Å². The smallest absolute Gasteiger partial charge is 0.422 e. The number of nitrogen functional groups attached to an aromatic ring is 1. The van der Waals surface area contributed by atoms with E-state index in [2.05, 4.69) is 22.1 Å². The van der Waals surface area contributed by atoms with E-state index < -0.39 is 7.12 Å². The minimum Gasteiger partial charge on any atom is -0.422 e. The third-order valence-corrected chi connectivity index (χ3v) is 5.32. The van der Waals surface area contributed by atoms with Crippen molar-refractivity contribution in [1.82, 2.24) is 19.5 Å². The molecular weight excluding hydrogens is 405 g/mol. The molecule has 4 aromatic rings. The fourth-order valence-corrected chi connectivity index (χ4v) is 3.84. The predicted octanol–water partition coefficient (Wildman–Crippen LogP) is 0.608. The Kier molecular flexibility index (Phi) is 6.06. The topological polar surface area (TPSA) is 162 Å². The van der Waals surface area contributed by atoms with E-state index in [4.69, 9.17) is 22.2 Å². The molecule has 0 atom stereocenters. The summed E-state index contributed by atoms with van der Waals surface area (Å²) < 4.78 is 1.91. The summed E-state index contributed by atoms with van der Waals surface area (Å²) in [6.45, 7) is 0. The van der Waals surface area contributed by atoms with E-state index in [9.17, 15) is 10.0 Å². The molecule has 0 saturated carbocycles. The van der Waals surface area contributed by atoms with Crippen LogP contribution in [0.15, 0.2) is 61.1 Å². The van der Waals surface area contributed by atoms with Gasteiger partial charge >= 0.3 is 7.12 Å². The van der Waals surface area contributed by atoms with Crippen molar-refractivity contribution in [1.29, 1.82) is 0 Å². The van der Waals surface area contributed by atoms with E-state index in [1.807, 2.05) is 22.8 Å². The lowest BCUT2D eigenvalue weighted by Crippen LogP contribution is -2.32. The number of nitrogens with zero attached hydrogens (tertiary/aromatic N) is 4. The Morgan fingerprint density at radius 3 is 2.47 bits per heavy atom. The van der Waals surface area contributed by atoms with Gasteiger partial charge in [0, 0.05) is 24.3 Å². The van der Waals surface area contributed by atoms with Crippen LogP contribution in [0.2, 0.25) is 0 Å². The maximum atomic E-state index is 9.57. The number of rotatable bonds is 3. The summed E-state index contributed by atoms with van der Waals surface area (Å²) in [6, 6.07) is 13.3. The quantitative estimate of drug-likeness (QED) is 0.296. The average Bonchev–Trinajstić information content (AvgIpc) is 3.42. The second-order valence-electron chi connectivity index (χ2n) is 7.35. The van der Waals surface area contributed by atoms with Crippen LogP contribution in [0.5, 0.6) is 0 Å². The van der Waals surface area contributed by atoms with Crippen molar-refractivity contribution in [2.45, 2.75) is 19.3 Å². The van der Waals surface area contributed by atoms with Crippen LogP contribution in [-0.4, -0.2) is 36.7 Å². The number of hydrogen-bond acceptors (Lipinski definition) is 8. The van der Waals surface area contributed by atoms with Crippen LogP contribution in [0.25, 0.3) is 28.2 Å². The lowest BCUT2D eigenvalue weighted by atomic mass is 9.86. The molecule has 3 heterocycles. The van der Waals surface area contributed by atoms with Gasteiger partial charge in [0.05, 0.1) is 11.2 Å². The highest BCUT2D eigenvalue weighted by Crippen LogP contribution is 2.32. The molecule has 5 rings (SSSR count). The molecular formula is C22H24BN7O2. The van der Waals surface area contributed by atoms with E-state index in [0.29, 0.717) is 28.4 Å². The van der Waals surface area contributed by atoms with Gasteiger partial charge in [-0.15, -0.1) is 0 Å². The Morgan fingerprint density at radius 2 is 1.75 bits per heavy atom. The van der Waals surface area contributed by atoms with Gasteiger partial charge in [-0.25, -0.2) is 15.0 Å². The summed E-state index contributed by atoms with van der Waals surface area (Å²) in [5.74, 6) is 0.998. The van der Waals surface area contributed by atoms with E-state index >= 15 is 0 Å². The van der Waals surface area contributed by atoms with Crippen molar-refractivity contribution in [3.63, 3.8) is 0 Å². The Morgan fingerprint density at radius 1 is 0.969 bits per heavy atom. The zero-order valence-corrected chi connectivity index (χ0v) is 17.4. The first-order valence-electron chi connectivity index (χ1n) is 10.2. The predicted molar refractivity (Wildman–Crippen MR) is 126 cm³/mol. The highest BCUT2D eigenvalue weighted by molar-refractivity contribution is 6.57. The highest BCUT2D eigenvalue weighted by Gasteiger charge is 2.22. The van der Waals surface area contributed by atoms with Crippen molar-refractivity contribution in [2.24, 2.45) is 11.5 Å². The Balaban J connectivity index is 0.000000567. The van der Waals surface area contributed by atoms with E-state index in [0.717, 1.165) is 24.9 Å². The second kappa shape index (κ2) is 9.09. The fourth-order valence-electron chi connectivity index (χ4n) is 3.84. The molecule has 1 aromatic carbocycles. The van der Waals surface area contributed by atoms with Crippen LogP contribution >= 0.6 is 0 Å². The van der Waals surface area contributed by atoms with Crippen LogP contribution in [-0.2, 0) is 12.8 Å². The van der Waals surface area contributed by atoms with Crippen LogP contribution in [0.1, 0.15) is 17.5 Å². The Labute approximate surface area is 185 Å². The Hall–Kier alpha value is -3.89. The molecule has 0 saturated heterocycles. The number of aryl methyl sites for hydroxylation is 2. The van der Waals surface area contributed by atoms with Gasteiger partial charge in [0.15, 0.2) is 11.5 Å². The van der Waals surface area contributed by atoms with Crippen molar-refractivity contribution >= 4 is 29.7 Å². The summed E-state index contributed by atoms with van der Waals surface area (Å²) in [6.07, 6.45) is 7.50. The van der Waals surface area contributed by atoms with Gasteiger partial charge in [-0.05, 0) is 66.8 Å². The monoisotopic (exact) mass is 429 g/mol. The number of hydrogen-bond donors (Lipinski definition) is 5. The molecule has 32 heavy (non-hydrogen) atoms. The lowest BCUT2D eigenvalue weighted by Gasteiger charge is -2.12. The number of aromatic nitrogens is 4. The fraction of sp³-hybridized carbons (Fsp3) is 0.136. The van der Waals surface area contributed by atoms with Crippen molar-refractivity contribution < 1.29 is 10.0 Å². The number of imidazole rings is 1. The molecule has 8 N–H and O–H groups in total. The van der Waals surface area contributed by atoms with Gasteiger partial charge in [-0.2, -0.15) is 0 Å². The molecule has 0 amide bonds. The first-order valence-corrected chi connectivity index (χ1v) is 10.2. The average molecular weight is 429 g/mol. The second-order valence-corrected chi connectivity index (χ2v) is 7.35. The van der Waals surface area contributed by atoms with E-state index in [1.165, 1.54) is 23.5 Å². The van der Waals surface area contributed by atoms with Gasteiger partial charge in [-0.3, -0.25) is 4.57 Å². The molecule has 0 unspecified atom stereocenters. The van der Waals surface area contributed by atoms with Crippen molar-refractivity contribution in [3.05, 3.63) is 72.2 Å². The van der Waals surface area contributed by atoms with Gasteiger partial charge in [0.25, 0.3) is 0 Å². The Bertz CT molecular complexity index is 1280. The summed E-state index contributed by atoms with van der Waals surface area (Å²) in [5, 5.41) is 19.1. The lowest BCUT2D eigenvalue weighted by molar-refractivity contribution is 0.424. The van der Waals surface area contributed by atoms with Gasteiger partial charge in [-0.1, -0.05) is 6.07 Å². The molecule has 0 bridgehead atoms. The SMILES string of the molecule is N/C=C\N.Nc1ncccc1-c1nc2ccc(B(O)O)nc2n1-c1ccc2c(c1)CCC2. The molecule has 3 aromatic heterocycles. The molecule has 0 spiro atoms. The third-order valence-electron chi connectivity index (χ3n) is 5.32. The zero-order valence-electron chi connectivity index (χ0n) is 17.4. The van der Waals surface area contributed by atoms with Crippen LogP contribution in [0, 0.1) is 0 Å². The number of nitrogens with two attached hydrogens (primary N) is 3. The van der Waals surface area contributed by atoms with Crippen LogP contribution < -0.4 is 22.8 Å².